The van der Waals surface area contributed by atoms with Crippen molar-refractivity contribution in [2.75, 3.05) is 6.61 Å². The normalized spacial score (nSPS) is 12.1. The molecule has 0 bridgehead atoms. The van der Waals surface area contributed by atoms with Gasteiger partial charge in [-0.1, -0.05) is 0 Å². The number of nitrogens with zero attached hydrogens (tertiary/aromatic N) is 2. The Labute approximate surface area is 109 Å². The van der Waals surface area contributed by atoms with Crippen LogP contribution in [0.5, 0.6) is 5.75 Å². The molecule has 0 radical (unpaired) electrons. The Morgan fingerprint density at radius 1 is 1.37 bits per heavy atom. The monoisotopic (exact) mass is 262 g/mol. The third-order valence-electron chi connectivity index (χ3n) is 2.50. The van der Waals surface area contributed by atoms with Gasteiger partial charge in [-0.3, -0.25) is 4.68 Å². The maximum absolute atomic E-state index is 10.7. The van der Waals surface area contributed by atoms with E-state index in [2.05, 4.69) is 5.10 Å². The zero-order chi connectivity index (χ0) is 13.7. The summed E-state index contributed by atoms with van der Waals surface area (Å²) in [5.41, 5.74) is 0.199. The molecule has 2 N–H and O–H groups in total. The molecule has 0 saturated heterocycles. The molecule has 19 heavy (non-hydrogen) atoms. The molecule has 0 aliphatic rings. The molecule has 1 heterocycles. The summed E-state index contributed by atoms with van der Waals surface area (Å²) in [5.74, 6) is -0.463. The molecule has 0 aliphatic heterocycles. The van der Waals surface area contributed by atoms with Crippen LogP contribution < -0.4 is 4.74 Å². The van der Waals surface area contributed by atoms with E-state index in [0.717, 1.165) is 0 Å². The van der Waals surface area contributed by atoms with E-state index in [-0.39, 0.29) is 12.2 Å². The second-order valence-electron chi connectivity index (χ2n) is 4.02. The van der Waals surface area contributed by atoms with Gasteiger partial charge in [0.15, 0.2) is 0 Å². The molecule has 1 aromatic carbocycles. The van der Waals surface area contributed by atoms with Gasteiger partial charge in [-0.25, -0.2) is 4.79 Å². The van der Waals surface area contributed by atoms with Crippen molar-refractivity contribution in [1.82, 2.24) is 9.78 Å². The molecule has 0 saturated carbocycles. The lowest BCUT2D eigenvalue weighted by Crippen LogP contribution is -2.23. The van der Waals surface area contributed by atoms with Crippen LogP contribution in [0.2, 0.25) is 0 Å². The highest BCUT2D eigenvalue weighted by atomic mass is 16.5. The van der Waals surface area contributed by atoms with Gasteiger partial charge < -0.3 is 14.9 Å². The van der Waals surface area contributed by atoms with E-state index in [4.69, 9.17) is 9.84 Å². The lowest BCUT2D eigenvalue weighted by molar-refractivity contribution is 0.0696. The maximum atomic E-state index is 10.7. The summed E-state index contributed by atoms with van der Waals surface area (Å²) >= 11 is 0. The zero-order valence-electron chi connectivity index (χ0n) is 10.1. The molecule has 6 nitrogen and oxygen atoms in total. The Morgan fingerprint density at radius 2 is 2.11 bits per heavy atom. The van der Waals surface area contributed by atoms with Gasteiger partial charge >= 0.3 is 5.97 Å². The van der Waals surface area contributed by atoms with Gasteiger partial charge in [0.25, 0.3) is 0 Å². The number of carbonyl (C=O) groups is 1. The fourth-order valence-corrected chi connectivity index (χ4v) is 1.56. The number of aliphatic hydroxyl groups excluding tert-OH is 1. The van der Waals surface area contributed by atoms with Crippen LogP contribution in [-0.2, 0) is 6.54 Å². The third-order valence-corrected chi connectivity index (χ3v) is 2.50. The van der Waals surface area contributed by atoms with Gasteiger partial charge in [0.2, 0.25) is 0 Å². The average Bonchev–Trinajstić information content (AvgIpc) is 2.89. The molecule has 0 fully saturated rings. The fourth-order valence-electron chi connectivity index (χ4n) is 1.56. The Bertz CT molecular complexity index is 522. The smallest absolute Gasteiger partial charge is 0.335 e. The number of benzene rings is 1. The van der Waals surface area contributed by atoms with Crippen molar-refractivity contribution >= 4 is 5.97 Å². The minimum Gasteiger partial charge on any atom is -0.491 e. The Hall–Kier alpha value is -2.34. The molecule has 0 spiro atoms. The van der Waals surface area contributed by atoms with Gasteiger partial charge in [0.05, 0.1) is 12.1 Å². The summed E-state index contributed by atoms with van der Waals surface area (Å²) in [4.78, 5) is 10.7. The second kappa shape index (κ2) is 6.01. The van der Waals surface area contributed by atoms with E-state index in [9.17, 15) is 9.90 Å². The first-order chi connectivity index (χ1) is 9.15. The van der Waals surface area contributed by atoms with Crippen LogP contribution in [0.25, 0.3) is 0 Å². The van der Waals surface area contributed by atoms with Gasteiger partial charge in [0.1, 0.15) is 18.5 Å². The van der Waals surface area contributed by atoms with Gasteiger partial charge in [-0.15, -0.1) is 0 Å². The van der Waals surface area contributed by atoms with E-state index in [1.165, 1.54) is 12.1 Å². The number of carboxylic acid groups (broad SMARTS) is 1. The molecular weight excluding hydrogens is 248 g/mol. The van der Waals surface area contributed by atoms with E-state index in [1.807, 2.05) is 0 Å². The number of carboxylic acids is 1. The van der Waals surface area contributed by atoms with Crippen LogP contribution in [0.15, 0.2) is 42.7 Å². The first kappa shape index (κ1) is 13.1. The SMILES string of the molecule is O=C(O)c1ccc(OC[C@H](O)Cn2cccn2)cc1. The summed E-state index contributed by atoms with van der Waals surface area (Å²) in [6, 6.07) is 7.81. The summed E-state index contributed by atoms with van der Waals surface area (Å²) in [6.07, 6.45) is 2.71. The van der Waals surface area contributed by atoms with Crippen LogP contribution in [0, 0.1) is 0 Å². The number of ether oxygens (including phenoxy) is 1. The number of aliphatic hydroxyl groups is 1. The quantitative estimate of drug-likeness (QED) is 0.812. The van der Waals surface area contributed by atoms with Crippen molar-refractivity contribution in [3.05, 3.63) is 48.3 Å². The van der Waals surface area contributed by atoms with E-state index in [1.54, 1.807) is 35.3 Å². The third kappa shape index (κ3) is 3.82. The highest BCUT2D eigenvalue weighted by Crippen LogP contribution is 2.12. The van der Waals surface area contributed by atoms with Crippen LogP contribution in [0.1, 0.15) is 10.4 Å². The van der Waals surface area contributed by atoms with Crippen molar-refractivity contribution in [2.45, 2.75) is 12.6 Å². The number of aromatic carboxylic acids is 1. The highest BCUT2D eigenvalue weighted by molar-refractivity contribution is 5.87. The minimum atomic E-state index is -0.981. The molecule has 0 unspecified atom stereocenters. The molecule has 6 heteroatoms. The first-order valence-corrected chi connectivity index (χ1v) is 5.77. The van der Waals surface area contributed by atoms with Crippen LogP contribution in [-0.4, -0.2) is 38.7 Å². The van der Waals surface area contributed by atoms with Crippen molar-refractivity contribution in [3.8, 4) is 5.75 Å². The fraction of sp³-hybridized carbons (Fsp3) is 0.231. The topological polar surface area (TPSA) is 84.6 Å². The Balaban J connectivity index is 1.83. The van der Waals surface area contributed by atoms with Gasteiger partial charge in [-0.05, 0) is 30.3 Å². The molecule has 1 atom stereocenters. The Kier molecular flexibility index (Phi) is 4.15. The van der Waals surface area contributed by atoms with Gasteiger partial charge in [0, 0.05) is 12.4 Å². The van der Waals surface area contributed by atoms with Crippen molar-refractivity contribution < 1.29 is 19.7 Å². The van der Waals surface area contributed by atoms with Crippen LogP contribution in [0.3, 0.4) is 0 Å². The van der Waals surface area contributed by atoms with Crippen molar-refractivity contribution in [1.29, 1.82) is 0 Å². The van der Waals surface area contributed by atoms with Gasteiger partial charge in [-0.2, -0.15) is 5.10 Å². The first-order valence-electron chi connectivity index (χ1n) is 5.77. The summed E-state index contributed by atoms with van der Waals surface area (Å²) in [7, 11) is 0. The summed E-state index contributed by atoms with van der Waals surface area (Å²) in [6.45, 7) is 0.465. The molecule has 2 rings (SSSR count). The molecule has 1 aromatic heterocycles. The molecule has 0 amide bonds. The second-order valence-corrected chi connectivity index (χ2v) is 4.02. The van der Waals surface area contributed by atoms with Crippen molar-refractivity contribution in [3.63, 3.8) is 0 Å². The zero-order valence-corrected chi connectivity index (χ0v) is 10.1. The van der Waals surface area contributed by atoms with Crippen molar-refractivity contribution in [2.24, 2.45) is 0 Å². The average molecular weight is 262 g/mol. The maximum Gasteiger partial charge on any atom is 0.335 e. The minimum absolute atomic E-state index is 0.117. The predicted octanol–water partition coefficient (Wildman–Crippen LogP) is 1.02. The predicted molar refractivity (Wildman–Crippen MR) is 67.1 cm³/mol. The van der Waals surface area contributed by atoms with Crippen LogP contribution in [0.4, 0.5) is 0 Å². The highest BCUT2D eigenvalue weighted by Gasteiger charge is 2.07. The number of hydrogen-bond acceptors (Lipinski definition) is 4. The van der Waals surface area contributed by atoms with Crippen LogP contribution >= 0.6 is 0 Å². The van der Waals surface area contributed by atoms with E-state index >= 15 is 0 Å². The van der Waals surface area contributed by atoms with E-state index in [0.29, 0.717) is 12.3 Å². The Morgan fingerprint density at radius 3 is 2.68 bits per heavy atom. The number of aromatic nitrogens is 2. The lowest BCUT2D eigenvalue weighted by Gasteiger charge is -2.12. The molecule has 2 aromatic rings. The molecule has 100 valence electrons. The standard InChI is InChI=1S/C13H14N2O4/c16-11(8-15-7-1-6-14-15)9-19-12-4-2-10(3-5-12)13(17)18/h1-7,11,16H,8-9H2,(H,17,18)/t11-/m1/s1. The summed E-state index contributed by atoms with van der Waals surface area (Å²) < 4.78 is 6.98. The number of rotatable bonds is 6. The van der Waals surface area contributed by atoms with E-state index < -0.39 is 12.1 Å². The summed E-state index contributed by atoms with van der Waals surface area (Å²) in [5, 5.41) is 22.5. The largest absolute Gasteiger partial charge is 0.491 e. The lowest BCUT2D eigenvalue weighted by atomic mass is 10.2. The number of hydrogen-bond donors (Lipinski definition) is 2. The molecular formula is C13H14N2O4. The molecule has 0 aliphatic carbocycles.